The fraction of sp³-hybridized carbons (Fsp3) is 0.321. The number of ether oxygens (including phenoxy) is 2. The fourth-order valence-electron chi connectivity index (χ4n) is 4.31. The third-order valence-electron chi connectivity index (χ3n) is 5.81. The van der Waals surface area contributed by atoms with Crippen LogP contribution in [0.1, 0.15) is 49.8 Å². The first-order valence-corrected chi connectivity index (χ1v) is 12.7. The van der Waals surface area contributed by atoms with E-state index in [9.17, 15) is 9.59 Å². The molecular weight excluding hydrogens is 555 g/mol. The number of hydrogen-bond donors (Lipinski definition) is 1. The minimum absolute atomic E-state index is 0.0504. The van der Waals surface area contributed by atoms with Crippen molar-refractivity contribution in [3.05, 3.63) is 87.3 Å². The molecule has 1 N–H and O–H groups in total. The number of carbonyl (C=O) groups is 2. The number of benzene rings is 2. The van der Waals surface area contributed by atoms with Gasteiger partial charge in [0, 0.05) is 21.9 Å². The monoisotopic (exact) mass is 584 g/mol. The van der Waals surface area contributed by atoms with Crippen LogP contribution < -0.4 is 5.32 Å². The molecule has 4 rings (SSSR count). The number of nitrogens with one attached hydrogen (secondary N) is 1. The highest BCUT2D eigenvalue weighted by Gasteiger charge is 2.31. The number of carbonyl (C=O) groups excluding carboxylic acids is 2. The van der Waals surface area contributed by atoms with Crippen LogP contribution in [0.4, 0.5) is 4.79 Å². The van der Waals surface area contributed by atoms with Crippen molar-refractivity contribution < 1.29 is 19.1 Å². The Morgan fingerprint density at radius 3 is 2.26 bits per heavy atom. The van der Waals surface area contributed by atoms with Crippen molar-refractivity contribution >= 4 is 34.7 Å². The molecule has 0 bridgehead atoms. The van der Waals surface area contributed by atoms with E-state index in [4.69, 9.17) is 9.47 Å². The molecule has 1 amide bonds. The number of aromatic nitrogens is 1. The first-order chi connectivity index (χ1) is 16.7. The van der Waals surface area contributed by atoms with Gasteiger partial charge in [0.25, 0.3) is 0 Å². The molecule has 6 nitrogen and oxygen atoms in total. The van der Waals surface area contributed by atoms with Gasteiger partial charge in [-0.25, -0.2) is 9.59 Å². The number of alkyl carbamates (subject to hydrolysis) is 1. The maximum absolute atomic E-state index is 12.9. The Bertz CT molecular complexity index is 1180. The molecule has 0 saturated heterocycles. The molecule has 0 aliphatic heterocycles. The molecule has 35 heavy (non-hydrogen) atoms. The largest absolute Gasteiger partial charge is 0.458 e. The minimum atomic E-state index is -0.831. The lowest BCUT2D eigenvalue weighted by Crippen LogP contribution is -2.45. The molecular formula is C28H29IN2O4. The van der Waals surface area contributed by atoms with Gasteiger partial charge in [0.15, 0.2) is 0 Å². The summed E-state index contributed by atoms with van der Waals surface area (Å²) in [5.41, 5.74) is 4.92. The van der Waals surface area contributed by atoms with Crippen LogP contribution in [0.25, 0.3) is 11.1 Å². The van der Waals surface area contributed by atoms with Crippen LogP contribution >= 0.6 is 22.6 Å². The molecule has 1 aliphatic rings. The van der Waals surface area contributed by atoms with Crippen molar-refractivity contribution in [3.63, 3.8) is 0 Å². The van der Waals surface area contributed by atoms with Crippen LogP contribution in [0.2, 0.25) is 0 Å². The zero-order valence-corrected chi connectivity index (χ0v) is 22.2. The summed E-state index contributed by atoms with van der Waals surface area (Å²) in [4.78, 5) is 29.9. The Morgan fingerprint density at radius 2 is 1.66 bits per heavy atom. The second-order valence-electron chi connectivity index (χ2n) is 9.61. The molecule has 0 spiro atoms. The van der Waals surface area contributed by atoms with Gasteiger partial charge in [0.1, 0.15) is 18.2 Å². The maximum Gasteiger partial charge on any atom is 0.407 e. The summed E-state index contributed by atoms with van der Waals surface area (Å²) < 4.78 is 12.2. The lowest BCUT2D eigenvalue weighted by atomic mass is 9.98. The summed E-state index contributed by atoms with van der Waals surface area (Å²) >= 11 is 2.20. The van der Waals surface area contributed by atoms with E-state index in [1.54, 1.807) is 33.2 Å². The van der Waals surface area contributed by atoms with Crippen LogP contribution in [0.15, 0.2) is 67.0 Å². The van der Waals surface area contributed by atoms with Gasteiger partial charge in [0.2, 0.25) is 0 Å². The van der Waals surface area contributed by atoms with E-state index in [0.29, 0.717) is 12.8 Å². The summed E-state index contributed by atoms with van der Waals surface area (Å²) in [5, 5.41) is 2.74. The number of pyridine rings is 1. The Kier molecular flexibility index (Phi) is 7.74. The first kappa shape index (κ1) is 25.2. The van der Waals surface area contributed by atoms with E-state index in [2.05, 4.69) is 57.2 Å². The van der Waals surface area contributed by atoms with Crippen molar-refractivity contribution in [1.82, 2.24) is 10.3 Å². The average molecular weight is 584 g/mol. The minimum Gasteiger partial charge on any atom is -0.458 e. The van der Waals surface area contributed by atoms with E-state index in [-0.39, 0.29) is 12.5 Å². The average Bonchev–Trinajstić information content (AvgIpc) is 3.13. The summed E-state index contributed by atoms with van der Waals surface area (Å²) in [5.74, 6) is -0.532. The van der Waals surface area contributed by atoms with E-state index < -0.39 is 23.7 Å². The highest BCUT2D eigenvalue weighted by atomic mass is 127. The molecule has 0 saturated carbocycles. The number of amides is 1. The molecule has 0 radical (unpaired) electrons. The van der Waals surface area contributed by atoms with E-state index in [0.717, 1.165) is 31.4 Å². The maximum atomic E-state index is 12.9. The van der Waals surface area contributed by atoms with Crippen molar-refractivity contribution in [3.8, 4) is 11.1 Å². The third-order valence-corrected chi connectivity index (χ3v) is 6.40. The normalized spacial score (nSPS) is 13.5. The Hall–Kier alpha value is -2.94. The molecule has 182 valence electrons. The van der Waals surface area contributed by atoms with Crippen molar-refractivity contribution in [2.24, 2.45) is 0 Å². The second kappa shape index (κ2) is 10.8. The van der Waals surface area contributed by atoms with Gasteiger partial charge < -0.3 is 14.8 Å². The topological polar surface area (TPSA) is 77.5 Å². The van der Waals surface area contributed by atoms with Crippen LogP contribution in [-0.2, 0) is 20.7 Å². The summed E-state index contributed by atoms with van der Waals surface area (Å²) in [6.45, 7) is 5.60. The van der Waals surface area contributed by atoms with Gasteiger partial charge in [-0.2, -0.15) is 0 Å². The van der Waals surface area contributed by atoms with Gasteiger partial charge >= 0.3 is 12.1 Å². The predicted molar refractivity (Wildman–Crippen MR) is 143 cm³/mol. The van der Waals surface area contributed by atoms with E-state index in [1.165, 1.54) is 0 Å². The Balaban J connectivity index is 1.43. The summed E-state index contributed by atoms with van der Waals surface area (Å²) in [6.07, 6.45) is 3.84. The van der Waals surface area contributed by atoms with Gasteiger partial charge in [-0.3, -0.25) is 4.98 Å². The zero-order valence-electron chi connectivity index (χ0n) is 20.1. The predicted octanol–water partition coefficient (Wildman–Crippen LogP) is 5.87. The summed E-state index contributed by atoms with van der Waals surface area (Å²) in [7, 11) is 0. The number of halogens is 1. The van der Waals surface area contributed by atoms with Gasteiger partial charge in [-0.1, -0.05) is 48.5 Å². The highest BCUT2D eigenvalue weighted by Crippen LogP contribution is 2.44. The molecule has 0 fully saturated rings. The zero-order chi connectivity index (χ0) is 25.0. The lowest BCUT2D eigenvalue weighted by molar-refractivity contribution is -0.157. The molecule has 2 aromatic carbocycles. The van der Waals surface area contributed by atoms with Crippen LogP contribution in [0.5, 0.6) is 0 Å². The molecule has 7 heteroatoms. The van der Waals surface area contributed by atoms with Crippen molar-refractivity contribution in [2.45, 2.75) is 51.2 Å². The smallest absolute Gasteiger partial charge is 0.407 e. The standard InChI is InChI=1S/C28H29IN2O4/c1-28(2,3)35-26(32)25(13-12-18-14-19(29)16-30-15-18)31-27(33)34-17-24-22-10-6-4-8-20(22)21-9-5-7-11-23(21)24/h4-11,14-16,24-25H,12-13,17H2,1-3H3,(H,31,33). The third kappa shape index (κ3) is 6.39. The number of hydrogen-bond acceptors (Lipinski definition) is 5. The Labute approximate surface area is 219 Å². The molecule has 1 aliphatic carbocycles. The highest BCUT2D eigenvalue weighted by molar-refractivity contribution is 14.1. The molecule has 1 aromatic heterocycles. The number of nitrogens with zero attached hydrogens (tertiary/aromatic N) is 1. The quantitative estimate of drug-likeness (QED) is 0.278. The lowest BCUT2D eigenvalue weighted by Gasteiger charge is -2.24. The van der Waals surface area contributed by atoms with E-state index in [1.807, 2.05) is 30.3 Å². The number of rotatable bonds is 7. The van der Waals surface area contributed by atoms with Crippen LogP contribution in [0.3, 0.4) is 0 Å². The van der Waals surface area contributed by atoms with Gasteiger partial charge in [-0.05, 0) is 90.1 Å². The second-order valence-corrected chi connectivity index (χ2v) is 10.9. The van der Waals surface area contributed by atoms with Crippen LogP contribution in [0, 0.1) is 3.57 Å². The molecule has 1 unspecified atom stereocenters. The Morgan fingerprint density at radius 1 is 1.03 bits per heavy atom. The van der Waals surface area contributed by atoms with E-state index >= 15 is 0 Å². The molecule has 3 aromatic rings. The summed E-state index contributed by atoms with van der Waals surface area (Å²) in [6, 6.07) is 17.5. The van der Waals surface area contributed by atoms with Gasteiger partial charge in [0.05, 0.1) is 0 Å². The number of fused-ring (bicyclic) bond motifs is 3. The number of aryl methyl sites for hydroxylation is 1. The number of esters is 1. The first-order valence-electron chi connectivity index (χ1n) is 11.6. The van der Waals surface area contributed by atoms with Crippen molar-refractivity contribution in [2.75, 3.05) is 6.61 Å². The van der Waals surface area contributed by atoms with Gasteiger partial charge in [-0.15, -0.1) is 0 Å². The van der Waals surface area contributed by atoms with Crippen LogP contribution in [-0.4, -0.2) is 35.3 Å². The SMILES string of the molecule is CC(C)(C)OC(=O)C(CCc1cncc(I)c1)NC(=O)OCC1c2ccccc2-c2ccccc21. The fourth-order valence-corrected chi connectivity index (χ4v) is 4.87. The molecule has 1 atom stereocenters. The van der Waals surface area contributed by atoms with Crippen molar-refractivity contribution in [1.29, 1.82) is 0 Å². The molecule has 1 heterocycles.